The van der Waals surface area contributed by atoms with Gasteiger partial charge in [-0.3, -0.25) is 0 Å². The molecule has 2 aliphatic heterocycles. The second-order valence-corrected chi connectivity index (χ2v) is 7.41. The fraction of sp³-hybridized carbons (Fsp3) is 0.333. The molecule has 126 valence electrons. The van der Waals surface area contributed by atoms with E-state index in [-0.39, 0.29) is 5.41 Å². The van der Waals surface area contributed by atoms with E-state index in [2.05, 4.69) is 22.0 Å². The summed E-state index contributed by atoms with van der Waals surface area (Å²) in [5.41, 5.74) is 0.800. The van der Waals surface area contributed by atoms with E-state index >= 15 is 0 Å². The van der Waals surface area contributed by atoms with Crippen molar-refractivity contribution in [3.8, 4) is 5.69 Å². The molecule has 3 fully saturated rings. The number of anilines is 1. The highest BCUT2D eigenvalue weighted by atomic mass is 16.4. The van der Waals surface area contributed by atoms with Gasteiger partial charge in [0.05, 0.1) is 17.3 Å². The van der Waals surface area contributed by atoms with Crippen LogP contribution in [0.5, 0.6) is 0 Å². The molecule has 3 aliphatic rings. The summed E-state index contributed by atoms with van der Waals surface area (Å²) in [5.74, 6) is -0.111. The van der Waals surface area contributed by atoms with Crippen LogP contribution in [-0.4, -0.2) is 42.9 Å². The number of carboxylic acids is 1. The van der Waals surface area contributed by atoms with Crippen LogP contribution in [0.4, 0.5) is 5.82 Å². The van der Waals surface area contributed by atoms with E-state index in [1.165, 1.54) is 6.33 Å². The minimum absolute atomic E-state index is 0.0467. The minimum Gasteiger partial charge on any atom is -0.479 e. The van der Waals surface area contributed by atoms with Crippen molar-refractivity contribution in [1.82, 2.24) is 19.7 Å². The lowest BCUT2D eigenvalue weighted by Gasteiger charge is -2.42. The highest BCUT2D eigenvalue weighted by Gasteiger charge is 2.68. The summed E-state index contributed by atoms with van der Waals surface area (Å²) in [6, 6.07) is 9.76. The second-order valence-electron chi connectivity index (χ2n) is 7.41. The van der Waals surface area contributed by atoms with E-state index in [0.29, 0.717) is 30.9 Å². The van der Waals surface area contributed by atoms with Crippen LogP contribution in [0.25, 0.3) is 16.7 Å². The standard InChI is InChI=1S/C18H17N5O2/c1-17-8-18(9-17,16(24)25)22(10-17)14-13-7-21-23(15(13)20-11-19-14)12-5-3-2-4-6-12/h2-7,11H,8-10H2,1H3,(H,24,25). The van der Waals surface area contributed by atoms with Crippen molar-refractivity contribution in [2.75, 3.05) is 11.4 Å². The maximum atomic E-state index is 11.9. The molecule has 2 aromatic heterocycles. The van der Waals surface area contributed by atoms with Gasteiger partial charge < -0.3 is 10.0 Å². The maximum absolute atomic E-state index is 11.9. The number of nitrogens with zero attached hydrogens (tertiary/aromatic N) is 5. The number of rotatable bonds is 3. The zero-order chi connectivity index (χ0) is 17.2. The smallest absolute Gasteiger partial charge is 0.329 e. The molecule has 0 spiro atoms. The Morgan fingerprint density at radius 3 is 2.68 bits per heavy atom. The summed E-state index contributed by atoms with van der Waals surface area (Å²) in [6.45, 7) is 2.84. The van der Waals surface area contributed by atoms with Crippen molar-refractivity contribution in [3.63, 3.8) is 0 Å². The molecule has 0 radical (unpaired) electrons. The lowest BCUT2D eigenvalue weighted by atomic mass is 9.63. The van der Waals surface area contributed by atoms with E-state index in [4.69, 9.17) is 0 Å². The zero-order valence-corrected chi connectivity index (χ0v) is 13.8. The van der Waals surface area contributed by atoms with E-state index in [1.54, 1.807) is 10.9 Å². The molecular weight excluding hydrogens is 318 g/mol. The number of aromatic nitrogens is 4. The largest absolute Gasteiger partial charge is 0.479 e. The van der Waals surface area contributed by atoms with Gasteiger partial charge in [0.2, 0.25) is 0 Å². The Labute approximate surface area is 143 Å². The van der Waals surface area contributed by atoms with Gasteiger partial charge in [-0.05, 0) is 30.4 Å². The van der Waals surface area contributed by atoms with Crippen LogP contribution in [0, 0.1) is 5.41 Å². The SMILES string of the molecule is CC12CN(c3ncnc4c3cnn4-c3ccccc3)C(C(=O)O)(C1)C2. The lowest BCUT2D eigenvalue weighted by molar-refractivity contribution is -0.147. The van der Waals surface area contributed by atoms with Crippen molar-refractivity contribution in [1.29, 1.82) is 0 Å². The van der Waals surface area contributed by atoms with Gasteiger partial charge in [0, 0.05) is 6.54 Å². The predicted molar refractivity (Wildman–Crippen MR) is 91.7 cm³/mol. The van der Waals surface area contributed by atoms with Gasteiger partial charge in [0.1, 0.15) is 17.7 Å². The first-order valence-corrected chi connectivity index (χ1v) is 8.28. The molecule has 25 heavy (non-hydrogen) atoms. The molecule has 1 N–H and O–H groups in total. The molecule has 1 saturated carbocycles. The molecule has 7 heteroatoms. The summed E-state index contributed by atoms with van der Waals surface area (Å²) in [7, 11) is 0. The molecule has 0 amide bonds. The van der Waals surface area contributed by atoms with Gasteiger partial charge in [0.15, 0.2) is 5.65 Å². The van der Waals surface area contributed by atoms with Crippen molar-refractivity contribution in [2.24, 2.45) is 5.41 Å². The Bertz CT molecular complexity index is 991. The monoisotopic (exact) mass is 335 g/mol. The Kier molecular flexibility index (Phi) is 2.63. The first-order valence-electron chi connectivity index (χ1n) is 8.28. The predicted octanol–water partition coefficient (Wildman–Crippen LogP) is 2.26. The Balaban J connectivity index is 1.67. The van der Waals surface area contributed by atoms with E-state index in [9.17, 15) is 9.90 Å². The zero-order valence-electron chi connectivity index (χ0n) is 13.8. The summed E-state index contributed by atoms with van der Waals surface area (Å²) >= 11 is 0. The van der Waals surface area contributed by atoms with Crippen LogP contribution in [0.15, 0.2) is 42.9 Å². The molecule has 7 nitrogen and oxygen atoms in total. The number of para-hydroxylation sites is 1. The maximum Gasteiger partial charge on any atom is 0.329 e. The number of hydrogen-bond acceptors (Lipinski definition) is 5. The Morgan fingerprint density at radius 2 is 1.96 bits per heavy atom. The van der Waals surface area contributed by atoms with E-state index in [0.717, 1.165) is 11.1 Å². The topological polar surface area (TPSA) is 84.1 Å². The van der Waals surface area contributed by atoms with Gasteiger partial charge in [0.25, 0.3) is 0 Å². The second kappa shape index (κ2) is 4.56. The average molecular weight is 335 g/mol. The van der Waals surface area contributed by atoms with E-state index in [1.807, 2.05) is 35.2 Å². The van der Waals surface area contributed by atoms with Crippen molar-refractivity contribution in [3.05, 3.63) is 42.9 Å². The highest BCUT2D eigenvalue weighted by Crippen LogP contribution is 2.60. The van der Waals surface area contributed by atoms with Gasteiger partial charge in [-0.25, -0.2) is 19.4 Å². The number of aliphatic carboxylic acids is 1. The van der Waals surface area contributed by atoms with Crippen LogP contribution in [0.3, 0.4) is 0 Å². The number of hydrogen-bond donors (Lipinski definition) is 1. The molecule has 2 saturated heterocycles. The number of fused-ring (bicyclic) bond motifs is 2. The first kappa shape index (κ1) is 14.4. The fourth-order valence-corrected chi connectivity index (χ4v) is 4.55. The van der Waals surface area contributed by atoms with Gasteiger partial charge in [-0.15, -0.1) is 0 Å². The normalized spacial score (nSPS) is 27.5. The molecule has 0 unspecified atom stereocenters. The van der Waals surface area contributed by atoms with Crippen LogP contribution in [0.1, 0.15) is 19.8 Å². The third-order valence-electron chi connectivity index (χ3n) is 5.49. The van der Waals surface area contributed by atoms with Gasteiger partial charge in [-0.2, -0.15) is 5.10 Å². The van der Waals surface area contributed by atoms with Crippen LogP contribution >= 0.6 is 0 Å². The van der Waals surface area contributed by atoms with Crippen molar-refractivity contribution >= 4 is 22.8 Å². The average Bonchev–Trinajstić information content (AvgIpc) is 3.23. The Hall–Kier alpha value is -2.96. The molecule has 6 rings (SSSR count). The van der Waals surface area contributed by atoms with E-state index < -0.39 is 11.5 Å². The molecule has 4 heterocycles. The molecule has 3 aromatic rings. The van der Waals surface area contributed by atoms with Crippen molar-refractivity contribution in [2.45, 2.75) is 25.3 Å². The highest BCUT2D eigenvalue weighted by molar-refractivity contribution is 5.94. The number of carboxylic acid groups (broad SMARTS) is 1. The molecule has 2 bridgehead atoms. The van der Waals surface area contributed by atoms with Crippen LogP contribution < -0.4 is 4.90 Å². The van der Waals surface area contributed by atoms with Gasteiger partial charge >= 0.3 is 5.97 Å². The van der Waals surface area contributed by atoms with Crippen LogP contribution in [0.2, 0.25) is 0 Å². The summed E-state index contributed by atoms with van der Waals surface area (Å²) < 4.78 is 1.76. The molecule has 1 aromatic carbocycles. The molecule has 1 aliphatic carbocycles. The minimum atomic E-state index is -0.842. The lowest BCUT2D eigenvalue weighted by Crippen LogP contribution is -2.55. The summed E-state index contributed by atoms with van der Waals surface area (Å²) in [6.07, 6.45) is 4.54. The third kappa shape index (κ3) is 1.80. The Morgan fingerprint density at radius 1 is 1.20 bits per heavy atom. The number of benzene rings is 1. The fourth-order valence-electron chi connectivity index (χ4n) is 4.55. The molecular formula is C18H17N5O2. The third-order valence-corrected chi connectivity index (χ3v) is 5.49. The summed E-state index contributed by atoms with van der Waals surface area (Å²) in [5, 5.41) is 15.0. The quantitative estimate of drug-likeness (QED) is 0.790. The van der Waals surface area contributed by atoms with Crippen molar-refractivity contribution < 1.29 is 9.90 Å². The molecule has 0 atom stereocenters. The number of carbonyl (C=O) groups is 1. The van der Waals surface area contributed by atoms with Crippen LogP contribution in [-0.2, 0) is 4.79 Å². The first-order chi connectivity index (χ1) is 12.0. The summed E-state index contributed by atoms with van der Waals surface area (Å²) in [4.78, 5) is 22.7. The van der Waals surface area contributed by atoms with Gasteiger partial charge in [-0.1, -0.05) is 25.1 Å².